The molecule has 52 valence electrons. The molecule has 2 heteroatoms. The zero-order valence-electron chi connectivity index (χ0n) is 6.03. The van der Waals surface area contributed by atoms with Crippen molar-refractivity contribution in [2.45, 2.75) is 20.3 Å². The van der Waals surface area contributed by atoms with Crippen LogP contribution in [0.1, 0.15) is 20.3 Å². The predicted octanol–water partition coefficient (Wildman–Crippen LogP) is 1.25. The van der Waals surface area contributed by atoms with Gasteiger partial charge in [0.15, 0.2) is 0 Å². The number of rotatable bonds is 0. The molecule has 1 rings (SSSR count). The van der Waals surface area contributed by atoms with Crippen molar-refractivity contribution in [3.63, 3.8) is 0 Å². The third-order valence-electron chi connectivity index (χ3n) is 1.56. The normalized spacial score (nSPS) is 20.2. The average Bonchev–Trinajstić information content (AvgIpc) is 1.99. The lowest BCUT2D eigenvalue weighted by molar-refractivity contribution is 0.216. The van der Waals surface area contributed by atoms with Gasteiger partial charge in [-0.2, -0.15) is 0 Å². The van der Waals surface area contributed by atoms with Crippen molar-refractivity contribution in [1.82, 2.24) is 5.32 Å². The van der Waals surface area contributed by atoms with E-state index in [1.165, 1.54) is 5.70 Å². The van der Waals surface area contributed by atoms with Crippen molar-refractivity contribution in [3.8, 4) is 0 Å². The summed E-state index contributed by atoms with van der Waals surface area (Å²) in [5.74, 6) is 1.03. The first kappa shape index (κ1) is 6.46. The van der Waals surface area contributed by atoms with Crippen LogP contribution in [0.2, 0.25) is 0 Å². The van der Waals surface area contributed by atoms with Crippen molar-refractivity contribution in [2.75, 3.05) is 13.2 Å². The minimum Gasteiger partial charge on any atom is -0.496 e. The van der Waals surface area contributed by atoms with Crippen molar-refractivity contribution in [1.29, 1.82) is 0 Å². The maximum absolute atomic E-state index is 5.33. The summed E-state index contributed by atoms with van der Waals surface area (Å²) in [4.78, 5) is 0. The summed E-state index contributed by atoms with van der Waals surface area (Å²) in [6.45, 7) is 5.94. The summed E-state index contributed by atoms with van der Waals surface area (Å²) in [7, 11) is 0. The summed E-state index contributed by atoms with van der Waals surface area (Å²) in [5.41, 5.74) is 1.17. The van der Waals surface area contributed by atoms with Crippen LogP contribution >= 0.6 is 0 Å². The Morgan fingerprint density at radius 3 is 3.00 bits per heavy atom. The van der Waals surface area contributed by atoms with E-state index in [1.54, 1.807) is 0 Å². The van der Waals surface area contributed by atoms with Crippen LogP contribution < -0.4 is 5.32 Å². The second-order valence-corrected chi connectivity index (χ2v) is 2.31. The van der Waals surface area contributed by atoms with E-state index < -0.39 is 0 Å². The van der Waals surface area contributed by atoms with Crippen molar-refractivity contribution in [3.05, 3.63) is 11.5 Å². The summed E-state index contributed by atoms with van der Waals surface area (Å²) in [5, 5.41) is 3.25. The Hall–Kier alpha value is -0.660. The zero-order chi connectivity index (χ0) is 6.69. The molecule has 1 aliphatic rings. The van der Waals surface area contributed by atoms with Gasteiger partial charge in [-0.1, -0.05) is 0 Å². The van der Waals surface area contributed by atoms with Crippen molar-refractivity contribution >= 4 is 0 Å². The minimum absolute atomic E-state index is 0.857. The Labute approximate surface area is 55.9 Å². The van der Waals surface area contributed by atoms with Crippen LogP contribution in [0.25, 0.3) is 0 Å². The monoisotopic (exact) mass is 127 g/mol. The maximum atomic E-state index is 5.33. The molecular weight excluding hydrogens is 114 g/mol. The Balaban J connectivity index is 2.55. The molecule has 0 aliphatic carbocycles. The molecule has 0 atom stereocenters. The lowest BCUT2D eigenvalue weighted by atomic mass is 10.4. The summed E-state index contributed by atoms with van der Waals surface area (Å²) in [6.07, 6.45) is 1.11. The largest absolute Gasteiger partial charge is 0.496 e. The molecule has 0 bridgehead atoms. The van der Waals surface area contributed by atoms with Gasteiger partial charge in [0.25, 0.3) is 0 Å². The standard InChI is InChI=1S/C7H13NO/c1-6-7(2)9-5-3-4-8-6/h8H,3-5H2,1-2H3. The van der Waals surface area contributed by atoms with Crippen LogP contribution in [0.15, 0.2) is 11.5 Å². The van der Waals surface area contributed by atoms with Gasteiger partial charge in [0.05, 0.1) is 6.61 Å². The number of hydrogen-bond donors (Lipinski definition) is 1. The highest BCUT2D eigenvalue weighted by Gasteiger charge is 2.01. The second kappa shape index (κ2) is 2.76. The van der Waals surface area contributed by atoms with Crippen LogP contribution in [0, 0.1) is 0 Å². The molecule has 0 aromatic carbocycles. The highest BCUT2D eigenvalue weighted by Crippen LogP contribution is 2.05. The van der Waals surface area contributed by atoms with Gasteiger partial charge in [0.1, 0.15) is 5.76 Å². The number of allylic oxidation sites excluding steroid dienone is 2. The molecule has 0 spiro atoms. The van der Waals surface area contributed by atoms with E-state index in [-0.39, 0.29) is 0 Å². The molecule has 1 heterocycles. The molecule has 2 nitrogen and oxygen atoms in total. The van der Waals surface area contributed by atoms with E-state index in [1.807, 2.05) is 13.8 Å². The fraction of sp³-hybridized carbons (Fsp3) is 0.714. The molecule has 9 heavy (non-hydrogen) atoms. The van der Waals surface area contributed by atoms with E-state index in [0.717, 1.165) is 25.3 Å². The summed E-state index contributed by atoms with van der Waals surface area (Å²) in [6, 6.07) is 0. The molecule has 0 saturated heterocycles. The molecule has 1 N–H and O–H groups in total. The van der Waals surface area contributed by atoms with Crippen LogP contribution in [-0.2, 0) is 4.74 Å². The molecule has 0 fully saturated rings. The maximum Gasteiger partial charge on any atom is 0.111 e. The Bertz CT molecular complexity index is 115. The van der Waals surface area contributed by atoms with E-state index in [4.69, 9.17) is 4.74 Å². The fourth-order valence-corrected chi connectivity index (χ4v) is 0.806. The van der Waals surface area contributed by atoms with E-state index in [2.05, 4.69) is 5.32 Å². The van der Waals surface area contributed by atoms with Gasteiger partial charge < -0.3 is 10.1 Å². The smallest absolute Gasteiger partial charge is 0.111 e. The third-order valence-corrected chi connectivity index (χ3v) is 1.56. The van der Waals surface area contributed by atoms with Crippen LogP contribution in [0.3, 0.4) is 0 Å². The second-order valence-electron chi connectivity index (χ2n) is 2.31. The van der Waals surface area contributed by atoms with Crippen molar-refractivity contribution < 1.29 is 4.74 Å². The molecule has 0 radical (unpaired) electrons. The molecule has 0 amide bonds. The lowest BCUT2D eigenvalue weighted by Gasteiger charge is -2.03. The molecule has 0 saturated carbocycles. The Morgan fingerprint density at radius 1 is 1.44 bits per heavy atom. The molecular formula is C7H13NO. The third kappa shape index (κ3) is 1.63. The highest BCUT2D eigenvalue weighted by atomic mass is 16.5. The SMILES string of the molecule is CC1=C(C)OCCCN1. The zero-order valence-corrected chi connectivity index (χ0v) is 6.03. The predicted molar refractivity (Wildman–Crippen MR) is 36.9 cm³/mol. The number of hydrogen-bond acceptors (Lipinski definition) is 2. The lowest BCUT2D eigenvalue weighted by Crippen LogP contribution is -2.11. The fourth-order valence-electron chi connectivity index (χ4n) is 0.806. The Morgan fingerprint density at radius 2 is 2.22 bits per heavy atom. The van der Waals surface area contributed by atoms with Gasteiger partial charge in [0.2, 0.25) is 0 Å². The van der Waals surface area contributed by atoms with Crippen LogP contribution in [0.4, 0.5) is 0 Å². The Kier molecular flexibility index (Phi) is 1.98. The van der Waals surface area contributed by atoms with E-state index >= 15 is 0 Å². The van der Waals surface area contributed by atoms with Gasteiger partial charge in [-0.05, 0) is 20.3 Å². The van der Waals surface area contributed by atoms with E-state index in [9.17, 15) is 0 Å². The highest BCUT2D eigenvalue weighted by molar-refractivity contribution is 5.01. The van der Waals surface area contributed by atoms with E-state index in [0.29, 0.717) is 0 Å². The van der Waals surface area contributed by atoms with Gasteiger partial charge in [-0.15, -0.1) is 0 Å². The number of ether oxygens (including phenoxy) is 1. The molecule has 0 unspecified atom stereocenters. The van der Waals surface area contributed by atoms with Crippen molar-refractivity contribution in [2.24, 2.45) is 0 Å². The first-order valence-electron chi connectivity index (χ1n) is 3.35. The summed E-state index contributed by atoms with van der Waals surface area (Å²) < 4.78 is 5.33. The molecule has 1 aliphatic heterocycles. The van der Waals surface area contributed by atoms with Gasteiger partial charge in [-0.25, -0.2) is 0 Å². The number of nitrogens with one attached hydrogen (secondary N) is 1. The quantitative estimate of drug-likeness (QED) is 0.528. The average molecular weight is 127 g/mol. The minimum atomic E-state index is 0.857. The molecule has 0 aromatic heterocycles. The first-order valence-corrected chi connectivity index (χ1v) is 3.35. The first-order chi connectivity index (χ1) is 4.30. The molecule has 0 aromatic rings. The van der Waals surface area contributed by atoms with Gasteiger partial charge in [0, 0.05) is 12.2 Å². The van der Waals surface area contributed by atoms with Gasteiger partial charge in [-0.3, -0.25) is 0 Å². The summed E-state index contributed by atoms with van der Waals surface area (Å²) >= 11 is 0. The topological polar surface area (TPSA) is 21.3 Å². The van der Waals surface area contributed by atoms with Crippen LogP contribution in [-0.4, -0.2) is 13.2 Å². The van der Waals surface area contributed by atoms with Crippen LogP contribution in [0.5, 0.6) is 0 Å². The van der Waals surface area contributed by atoms with Gasteiger partial charge >= 0.3 is 0 Å².